The molecule has 112 valence electrons. The van der Waals surface area contributed by atoms with Crippen molar-refractivity contribution in [3.63, 3.8) is 0 Å². The van der Waals surface area contributed by atoms with Crippen LogP contribution in [-0.2, 0) is 6.42 Å². The standard InChI is InChI=1S/C17H22N2OS/c1-11-10-16(13(3)21-11)12(2)19-17(20)15-6-4-14(5-7-15)8-9-18/h4-7,10,12H,8-9,18H2,1-3H3,(H,19,20). The second-order valence-corrected chi connectivity index (χ2v) is 6.76. The molecule has 1 unspecified atom stereocenters. The van der Waals surface area contributed by atoms with Gasteiger partial charge in [-0.3, -0.25) is 4.79 Å². The van der Waals surface area contributed by atoms with Crippen molar-refractivity contribution >= 4 is 17.2 Å². The average Bonchev–Trinajstić information content (AvgIpc) is 2.79. The van der Waals surface area contributed by atoms with E-state index in [0.29, 0.717) is 12.1 Å². The maximum absolute atomic E-state index is 12.3. The van der Waals surface area contributed by atoms with E-state index in [1.54, 1.807) is 11.3 Å². The van der Waals surface area contributed by atoms with Crippen LogP contribution < -0.4 is 11.1 Å². The fraction of sp³-hybridized carbons (Fsp3) is 0.353. The summed E-state index contributed by atoms with van der Waals surface area (Å²) in [5.74, 6) is -0.0370. The monoisotopic (exact) mass is 302 g/mol. The van der Waals surface area contributed by atoms with Crippen LogP contribution in [-0.4, -0.2) is 12.5 Å². The van der Waals surface area contributed by atoms with Gasteiger partial charge in [0.05, 0.1) is 6.04 Å². The zero-order valence-corrected chi connectivity index (χ0v) is 13.6. The van der Waals surface area contributed by atoms with Crippen LogP contribution in [0.2, 0.25) is 0 Å². The molecule has 0 aliphatic carbocycles. The van der Waals surface area contributed by atoms with Gasteiger partial charge in [-0.05, 0) is 63.1 Å². The lowest BCUT2D eigenvalue weighted by atomic mass is 10.1. The Balaban J connectivity index is 2.05. The molecule has 1 atom stereocenters. The zero-order valence-electron chi connectivity index (χ0n) is 12.8. The molecule has 0 spiro atoms. The van der Waals surface area contributed by atoms with Crippen molar-refractivity contribution in [1.82, 2.24) is 5.32 Å². The van der Waals surface area contributed by atoms with Gasteiger partial charge < -0.3 is 11.1 Å². The van der Waals surface area contributed by atoms with Crippen molar-refractivity contribution < 1.29 is 4.79 Å². The number of hydrogen-bond acceptors (Lipinski definition) is 3. The Morgan fingerprint density at radius 3 is 2.48 bits per heavy atom. The first-order valence-corrected chi connectivity index (χ1v) is 7.99. The van der Waals surface area contributed by atoms with E-state index < -0.39 is 0 Å². The van der Waals surface area contributed by atoms with Gasteiger partial charge >= 0.3 is 0 Å². The van der Waals surface area contributed by atoms with E-state index in [1.807, 2.05) is 31.2 Å². The molecule has 1 aromatic heterocycles. The Morgan fingerprint density at radius 1 is 1.29 bits per heavy atom. The summed E-state index contributed by atoms with van der Waals surface area (Å²) >= 11 is 1.76. The number of carbonyl (C=O) groups excluding carboxylic acids is 1. The third-order valence-electron chi connectivity index (χ3n) is 3.54. The van der Waals surface area contributed by atoms with Crippen molar-refractivity contribution in [2.75, 3.05) is 6.54 Å². The van der Waals surface area contributed by atoms with Crippen molar-refractivity contribution in [3.8, 4) is 0 Å². The highest BCUT2D eigenvalue weighted by atomic mass is 32.1. The molecule has 1 aromatic carbocycles. The van der Waals surface area contributed by atoms with E-state index in [2.05, 4.69) is 25.2 Å². The molecule has 0 fully saturated rings. The van der Waals surface area contributed by atoms with Gasteiger partial charge in [0, 0.05) is 15.3 Å². The maximum atomic E-state index is 12.3. The molecule has 0 bridgehead atoms. The minimum Gasteiger partial charge on any atom is -0.345 e. The summed E-state index contributed by atoms with van der Waals surface area (Å²) < 4.78 is 0. The quantitative estimate of drug-likeness (QED) is 0.890. The Kier molecular flexibility index (Phi) is 5.15. The van der Waals surface area contributed by atoms with Crippen LogP contribution in [0.25, 0.3) is 0 Å². The van der Waals surface area contributed by atoms with Gasteiger partial charge in [-0.25, -0.2) is 0 Å². The molecule has 0 aliphatic heterocycles. The lowest BCUT2D eigenvalue weighted by Crippen LogP contribution is -2.26. The molecule has 3 nitrogen and oxygen atoms in total. The first-order chi connectivity index (χ1) is 10.0. The lowest BCUT2D eigenvalue weighted by molar-refractivity contribution is 0.0940. The van der Waals surface area contributed by atoms with Gasteiger partial charge in [0.25, 0.3) is 5.91 Å². The molecule has 1 heterocycles. The largest absolute Gasteiger partial charge is 0.345 e. The first-order valence-electron chi connectivity index (χ1n) is 7.18. The number of aryl methyl sites for hydroxylation is 2. The third-order valence-corrected chi connectivity index (χ3v) is 4.52. The van der Waals surface area contributed by atoms with E-state index >= 15 is 0 Å². The topological polar surface area (TPSA) is 55.1 Å². The Labute approximate surface area is 130 Å². The number of benzene rings is 1. The van der Waals surface area contributed by atoms with Crippen molar-refractivity contribution in [3.05, 3.63) is 56.8 Å². The van der Waals surface area contributed by atoms with E-state index in [1.165, 1.54) is 15.3 Å². The molecule has 0 aliphatic rings. The second-order valence-electron chi connectivity index (χ2n) is 5.30. The van der Waals surface area contributed by atoms with Crippen molar-refractivity contribution in [1.29, 1.82) is 0 Å². The van der Waals surface area contributed by atoms with Crippen LogP contribution in [0, 0.1) is 13.8 Å². The normalized spacial score (nSPS) is 12.2. The average molecular weight is 302 g/mol. The van der Waals surface area contributed by atoms with E-state index in [4.69, 9.17) is 5.73 Å². The molecule has 2 aromatic rings. The number of carbonyl (C=O) groups is 1. The molecular weight excluding hydrogens is 280 g/mol. The number of rotatable bonds is 5. The predicted molar refractivity (Wildman–Crippen MR) is 88.9 cm³/mol. The highest BCUT2D eigenvalue weighted by molar-refractivity contribution is 7.12. The molecule has 0 saturated heterocycles. The van der Waals surface area contributed by atoms with Crippen LogP contribution in [0.1, 0.15) is 44.2 Å². The minimum absolute atomic E-state index is 0.0196. The number of nitrogens with one attached hydrogen (secondary N) is 1. The number of amides is 1. The van der Waals surface area contributed by atoms with Crippen molar-refractivity contribution in [2.45, 2.75) is 33.2 Å². The van der Waals surface area contributed by atoms with Gasteiger partial charge in [0.1, 0.15) is 0 Å². The lowest BCUT2D eigenvalue weighted by Gasteiger charge is -2.14. The highest BCUT2D eigenvalue weighted by Gasteiger charge is 2.14. The maximum Gasteiger partial charge on any atom is 0.251 e. The Morgan fingerprint density at radius 2 is 1.95 bits per heavy atom. The number of hydrogen-bond donors (Lipinski definition) is 2. The molecule has 21 heavy (non-hydrogen) atoms. The van der Waals surface area contributed by atoms with E-state index in [-0.39, 0.29) is 11.9 Å². The summed E-state index contributed by atoms with van der Waals surface area (Å²) in [5.41, 5.74) is 8.57. The smallest absolute Gasteiger partial charge is 0.251 e. The predicted octanol–water partition coefficient (Wildman–Crippen LogP) is 3.36. The molecule has 4 heteroatoms. The van der Waals surface area contributed by atoms with Gasteiger partial charge in [-0.2, -0.15) is 0 Å². The molecule has 1 amide bonds. The number of nitrogens with two attached hydrogens (primary N) is 1. The molecular formula is C17H22N2OS. The van der Waals surface area contributed by atoms with Crippen LogP contribution in [0.15, 0.2) is 30.3 Å². The van der Waals surface area contributed by atoms with E-state index in [0.717, 1.165) is 12.0 Å². The summed E-state index contributed by atoms with van der Waals surface area (Å²) in [4.78, 5) is 14.8. The third kappa shape index (κ3) is 3.93. The van der Waals surface area contributed by atoms with Gasteiger partial charge in [0.2, 0.25) is 0 Å². The Bertz CT molecular complexity index is 616. The zero-order chi connectivity index (χ0) is 15.4. The fourth-order valence-electron chi connectivity index (χ4n) is 2.43. The van der Waals surface area contributed by atoms with Crippen LogP contribution in [0.4, 0.5) is 0 Å². The van der Waals surface area contributed by atoms with Crippen LogP contribution in [0.3, 0.4) is 0 Å². The summed E-state index contributed by atoms with van der Waals surface area (Å²) in [6.07, 6.45) is 0.839. The molecule has 3 N–H and O–H groups in total. The molecule has 0 saturated carbocycles. The summed E-state index contributed by atoms with van der Waals surface area (Å²) in [6.45, 7) is 6.83. The highest BCUT2D eigenvalue weighted by Crippen LogP contribution is 2.26. The molecule has 0 radical (unpaired) electrons. The first kappa shape index (κ1) is 15.7. The summed E-state index contributed by atoms with van der Waals surface area (Å²) in [7, 11) is 0. The SMILES string of the molecule is Cc1cc(C(C)NC(=O)c2ccc(CCN)cc2)c(C)s1. The summed E-state index contributed by atoms with van der Waals surface area (Å²) in [5, 5.41) is 3.06. The van der Waals surface area contributed by atoms with Gasteiger partial charge in [0.15, 0.2) is 0 Å². The van der Waals surface area contributed by atoms with Crippen LogP contribution >= 0.6 is 11.3 Å². The van der Waals surface area contributed by atoms with Crippen molar-refractivity contribution in [2.24, 2.45) is 5.73 Å². The summed E-state index contributed by atoms with van der Waals surface area (Å²) in [6, 6.07) is 9.82. The Hall–Kier alpha value is -1.65. The van der Waals surface area contributed by atoms with Gasteiger partial charge in [-0.15, -0.1) is 11.3 Å². The van der Waals surface area contributed by atoms with E-state index in [9.17, 15) is 4.79 Å². The van der Waals surface area contributed by atoms with Crippen LogP contribution in [0.5, 0.6) is 0 Å². The minimum atomic E-state index is -0.0370. The molecule has 2 rings (SSSR count). The van der Waals surface area contributed by atoms with Gasteiger partial charge in [-0.1, -0.05) is 12.1 Å². The fourth-order valence-corrected chi connectivity index (χ4v) is 3.45. The number of thiophene rings is 1. The second kappa shape index (κ2) is 6.87.